The van der Waals surface area contributed by atoms with Gasteiger partial charge in [0.2, 0.25) is 5.95 Å². The molecule has 35 heavy (non-hydrogen) atoms. The third-order valence-electron chi connectivity index (χ3n) is 5.58. The molecular formula is C23H24F3N5O3S. The van der Waals surface area contributed by atoms with Gasteiger partial charge >= 0.3 is 6.18 Å². The zero-order valence-electron chi connectivity index (χ0n) is 18.8. The van der Waals surface area contributed by atoms with Crippen LogP contribution in [-0.2, 0) is 20.8 Å². The number of hydrogen-bond donors (Lipinski definition) is 2. The smallest absolute Gasteiger partial charge is 0.416 e. The largest absolute Gasteiger partial charge is 0.593 e. The lowest BCUT2D eigenvalue weighted by Crippen LogP contribution is -2.47. The summed E-state index contributed by atoms with van der Waals surface area (Å²) in [5.41, 5.74) is -0.173. The van der Waals surface area contributed by atoms with E-state index in [1.54, 1.807) is 19.4 Å². The Morgan fingerprint density at radius 1 is 1.11 bits per heavy atom. The molecule has 1 unspecified atom stereocenters. The molecule has 0 bridgehead atoms. The fourth-order valence-electron chi connectivity index (χ4n) is 3.72. The lowest BCUT2D eigenvalue weighted by atomic mass is 10.1. The fourth-order valence-corrected chi connectivity index (χ4v) is 5.07. The summed E-state index contributed by atoms with van der Waals surface area (Å²) < 4.78 is 71.9. The van der Waals surface area contributed by atoms with Crippen molar-refractivity contribution in [1.82, 2.24) is 14.7 Å². The first-order valence-electron chi connectivity index (χ1n) is 10.8. The Labute approximate surface area is 201 Å². The van der Waals surface area contributed by atoms with Crippen molar-refractivity contribution in [2.24, 2.45) is 0 Å². The normalized spacial score (nSPS) is 16.5. The number of piperidine rings is 1. The Balaban J connectivity index is 1.36. The number of ether oxygens (including phenoxy) is 1. The topological polar surface area (TPSA) is 102 Å². The van der Waals surface area contributed by atoms with E-state index in [1.165, 1.54) is 0 Å². The summed E-state index contributed by atoms with van der Waals surface area (Å²) in [7, 11) is -2.49. The first-order valence-corrected chi connectivity index (χ1v) is 12.3. The van der Waals surface area contributed by atoms with Gasteiger partial charge in [0.05, 0.1) is 18.7 Å². The van der Waals surface area contributed by atoms with E-state index in [2.05, 4.69) is 20.0 Å². The second-order valence-electron chi connectivity index (χ2n) is 8.00. The molecule has 2 N–H and O–H groups in total. The molecule has 0 saturated carbocycles. The van der Waals surface area contributed by atoms with E-state index < -0.39 is 33.1 Å². The molecule has 186 valence electrons. The average molecular weight is 508 g/mol. The maximum atomic E-state index is 13.0. The molecule has 8 nitrogen and oxygen atoms in total. The van der Waals surface area contributed by atoms with Gasteiger partial charge in [0.15, 0.2) is 15.3 Å². The number of anilines is 3. The molecule has 0 amide bonds. The molecule has 2 heterocycles. The highest BCUT2D eigenvalue weighted by atomic mass is 32.3. The standard InChI is InChI=1S/C23H24F3N5O3S/c1-34-19-7-5-17(6-8-19)28-21-9-12-27-22(29-21)31-13-10-18(11-14-31)30-35(32,33)20-4-2-3-16(15-20)23(24,25)26/h2-9,12,15,18H,10-11,13-14H2,1H3,(H2-,27,28,29,30,32,33). The third kappa shape index (κ3) is 6.27. The number of aromatic nitrogens is 2. The zero-order chi connectivity index (χ0) is 25.1. The van der Waals surface area contributed by atoms with Gasteiger partial charge in [0, 0.05) is 31.0 Å². The van der Waals surface area contributed by atoms with E-state index in [0.29, 0.717) is 43.8 Å². The molecule has 4 rings (SSSR count). The summed E-state index contributed by atoms with van der Waals surface area (Å²) >= 11 is 0. The van der Waals surface area contributed by atoms with Crippen molar-refractivity contribution < 1.29 is 26.7 Å². The van der Waals surface area contributed by atoms with Crippen LogP contribution in [0.1, 0.15) is 18.4 Å². The van der Waals surface area contributed by atoms with Crippen LogP contribution in [-0.4, -0.2) is 40.8 Å². The van der Waals surface area contributed by atoms with Crippen LogP contribution in [0.2, 0.25) is 0 Å². The molecule has 1 aliphatic rings. The number of halogens is 3. The van der Waals surface area contributed by atoms with Gasteiger partial charge in [-0.3, -0.25) is 0 Å². The summed E-state index contributed by atoms with van der Waals surface area (Å²) in [6.07, 6.45) is -2.07. The highest BCUT2D eigenvalue weighted by Gasteiger charge is 2.34. The van der Waals surface area contributed by atoms with Gasteiger partial charge in [-0.2, -0.15) is 18.2 Å². The fraction of sp³-hybridized carbons (Fsp3) is 0.304. The Morgan fingerprint density at radius 2 is 1.83 bits per heavy atom. The molecular weight excluding hydrogens is 483 g/mol. The Bertz CT molecular complexity index is 1200. The second-order valence-corrected chi connectivity index (χ2v) is 9.72. The molecule has 1 aliphatic heterocycles. The first kappa shape index (κ1) is 24.9. The molecule has 1 aromatic heterocycles. The maximum Gasteiger partial charge on any atom is 0.416 e. The van der Waals surface area contributed by atoms with E-state index in [9.17, 15) is 21.9 Å². The van der Waals surface area contributed by atoms with Gasteiger partial charge < -0.3 is 19.5 Å². The summed E-state index contributed by atoms with van der Waals surface area (Å²) in [6, 6.07) is 12.4. The SMILES string of the molecule is COc1ccc(Nc2ccnc(N3CCC(N[S+](=O)([O-])c4cccc(C(F)(F)F)c4)CC3)n2)cc1. The molecule has 1 fully saturated rings. The molecule has 1 saturated heterocycles. The van der Waals surface area contributed by atoms with Crippen molar-refractivity contribution in [2.45, 2.75) is 30.0 Å². The minimum atomic E-state index is -4.62. The van der Waals surface area contributed by atoms with Gasteiger partial charge in [-0.05, 0) is 55.3 Å². The number of rotatable bonds is 7. The van der Waals surface area contributed by atoms with Crippen LogP contribution < -0.4 is 19.7 Å². The molecule has 12 heteroatoms. The van der Waals surface area contributed by atoms with Gasteiger partial charge in [0.1, 0.15) is 11.6 Å². The van der Waals surface area contributed by atoms with Crippen molar-refractivity contribution in [3.63, 3.8) is 0 Å². The van der Waals surface area contributed by atoms with E-state index in [1.807, 2.05) is 29.2 Å². The quantitative estimate of drug-likeness (QED) is 0.457. The van der Waals surface area contributed by atoms with Crippen LogP contribution in [0, 0.1) is 0 Å². The number of benzene rings is 2. The minimum Gasteiger partial charge on any atom is -0.593 e. The van der Waals surface area contributed by atoms with E-state index in [-0.39, 0.29) is 0 Å². The molecule has 0 spiro atoms. The zero-order valence-corrected chi connectivity index (χ0v) is 19.6. The summed E-state index contributed by atoms with van der Waals surface area (Å²) in [5.74, 6) is 1.85. The number of nitrogens with zero attached hydrogens (tertiary/aromatic N) is 3. The molecule has 0 aliphatic carbocycles. The maximum absolute atomic E-state index is 13.0. The monoisotopic (exact) mass is 507 g/mol. The van der Waals surface area contributed by atoms with E-state index in [0.717, 1.165) is 29.6 Å². The second kappa shape index (κ2) is 10.2. The van der Waals surface area contributed by atoms with Crippen molar-refractivity contribution in [3.05, 3.63) is 66.4 Å². The van der Waals surface area contributed by atoms with E-state index in [4.69, 9.17) is 4.74 Å². The number of alkyl halides is 3. The van der Waals surface area contributed by atoms with Crippen molar-refractivity contribution in [1.29, 1.82) is 0 Å². The number of nitrogens with one attached hydrogen (secondary N) is 2. The number of hydrogen-bond acceptors (Lipinski definition) is 7. The van der Waals surface area contributed by atoms with Crippen LogP contribution in [0.5, 0.6) is 5.75 Å². The number of methoxy groups -OCH3 is 1. The van der Waals surface area contributed by atoms with Crippen LogP contribution in [0.4, 0.5) is 30.6 Å². The molecule has 2 aromatic carbocycles. The highest BCUT2D eigenvalue weighted by Crippen LogP contribution is 2.31. The minimum absolute atomic E-state index is 0.407. The summed E-state index contributed by atoms with van der Waals surface area (Å²) in [6.45, 7) is 0.976. The van der Waals surface area contributed by atoms with Crippen molar-refractivity contribution >= 4 is 27.9 Å². The predicted octanol–water partition coefficient (Wildman–Crippen LogP) is 4.41. The van der Waals surface area contributed by atoms with Gasteiger partial charge in [-0.15, -0.1) is 4.72 Å². The van der Waals surface area contributed by atoms with Crippen LogP contribution in [0.25, 0.3) is 0 Å². The predicted molar refractivity (Wildman–Crippen MR) is 125 cm³/mol. The van der Waals surface area contributed by atoms with Crippen molar-refractivity contribution in [2.75, 3.05) is 30.4 Å². The summed E-state index contributed by atoms with van der Waals surface area (Å²) in [4.78, 5) is 10.4. The number of sulfonamides is 1. The first-order chi connectivity index (χ1) is 16.6. The third-order valence-corrected chi connectivity index (χ3v) is 7.09. The summed E-state index contributed by atoms with van der Waals surface area (Å²) in [5, 5.41) is 3.20. The van der Waals surface area contributed by atoms with Gasteiger partial charge in [-0.1, -0.05) is 10.3 Å². The molecule has 3 aromatic rings. The lowest BCUT2D eigenvalue weighted by molar-refractivity contribution is -0.137. The van der Waals surface area contributed by atoms with Crippen LogP contribution >= 0.6 is 0 Å². The Hall–Kier alpha value is -3.22. The Morgan fingerprint density at radius 3 is 2.49 bits per heavy atom. The van der Waals surface area contributed by atoms with Gasteiger partial charge in [0.25, 0.3) is 0 Å². The Kier molecular flexibility index (Phi) is 7.24. The molecule has 1 atom stereocenters. The highest BCUT2D eigenvalue weighted by molar-refractivity contribution is 7.95. The van der Waals surface area contributed by atoms with E-state index >= 15 is 0 Å². The van der Waals surface area contributed by atoms with Crippen LogP contribution in [0.15, 0.2) is 65.7 Å². The van der Waals surface area contributed by atoms with Crippen molar-refractivity contribution in [3.8, 4) is 5.75 Å². The van der Waals surface area contributed by atoms with Crippen LogP contribution in [0.3, 0.4) is 0 Å². The molecule has 0 radical (unpaired) electrons. The van der Waals surface area contributed by atoms with Gasteiger partial charge in [-0.25, -0.2) is 4.98 Å². The lowest BCUT2D eigenvalue weighted by Gasteiger charge is -2.32. The average Bonchev–Trinajstić information content (AvgIpc) is 2.84.